The van der Waals surface area contributed by atoms with Crippen LogP contribution < -0.4 is 14.8 Å². The summed E-state index contributed by atoms with van der Waals surface area (Å²) in [7, 11) is 0. The Bertz CT molecular complexity index is 874. The standard InChI is InChI=1S/C19H16N2O5/c1-12(18(22)21-14-7-3-2-6-13(14)10-20)25-19(23)17-11-24-15-8-4-5-9-16(15)26-17/h2-9,12,17H,11H2,1H3,(H,21,22)/t12-,17+/m1/s1. The monoisotopic (exact) mass is 352 g/mol. The van der Waals surface area contributed by atoms with Gasteiger partial charge in [-0.05, 0) is 31.2 Å². The van der Waals surface area contributed by atoms with Crippen molar-refractivity contribution in [3.63, 3.8) is 0 Å². The van der Waals surface area contributed by atoms with E-state index in [1.165, 1.54) is 6.92 Å². The van der Waals surface area contributed by atoms with Gasteiger partial charge in [0.15, 0.2) is 17.6 Å². The van der Waals surface area contributed by atoms with E-state index in [0.29, 0.717) is 22.7 Å². The Balaban J connectivity index is 1.59. The van der Waals surface area contributed by atoms with Crippen LogP contribution in [-0.2, 0) is 14.3 Å². The molecule has 0 bridgehead atoms. The molecule has 0 saturated heterocycles. The average molecular weight is 352 g/mol. The van der Waals surface area contributed by atoms with Crippen molar-refractivity contribution in [2.45, 2.75) is 19.1 Å². The summed E-state index contributed by atoms with van der Waals surface area (Å²) in [5.41, 5.74) is 0.675. The van der Waals surface area contributed by atoms with E-state index in [4.69, 9.17) is 19.5 Å². The first-order chi connectivity index (χ1) is 12.6. The van der Waals surface area contributed by atoms with Crippen LogP contribution in [0.3, 0.4) is 0 Å². The van der Waals surface area contributed by atoms with E-state index in [9.17, 15) is 9.59 Å². The van der Waals surface area contributed by atoms with Crippen molar-refractivity contribution < 1.29 is 23.8 Å². The van der Waals surface area contributed by atoms with Gasteiger partial charge in [0.2, 0.25) is 6.10 Å². The molecule has 1 N–H and O–H groups in total. The van der Waals surface area contributed by atoms with Crippen LogP contribution in [0.15, 0.2) is 48.5 Å². The van der Waals surface area contributed by atoms with Gasteiger partial charge in [0, 0.05) is 0 Å². The number of hydrogen-bond acceptors (Lipinski definition) is 6. The van der Waals surface area contributed by atoms with Gasteiger partial charge in [-0.2, -0.15) is 5.26 Å². The lowest BCUT2D eigenvalue weighted by Crippen LogP contribution is -2.41. The fraction of sp³-hybridized carbons (Fsp3) is 0.211. The summed E-state index contributed by atoms with van der Waals surface area (Å²) in [5, 5.41) is 11.6. The Kier molecular flexibility index (Phi) is 5.04. The molecule has 1 amide bonds. The first-order valence-electron chi connectivity index (χ1n) is 7.97. The molecule has 7 nitrogen and oxygen atoms in total. The van der Waals surface area contributed by atoms with Crippen molar-refractivity contribution in [1.82, 2.24) is 0 Å². The van der Waals surface area contributed by atoms with E-state index in [-0.39, 0.29) is 6.61 Å². The van der Waals surface area contributed by atoms with Crippen molar-refractivity contribution in [2.75, 3.05) is 11.9 Å². The van der Waals surface area contributed by atoms with Crippen LogP contribution in [0, 0.1) is 11.3 Å². The van der Waals surface area contributed by atoms with Gasteiger partial charge in [0.25, 0.3) is 5.91 Å². The number of benzene rings is 2. The van der Waals surface area contributed by atoms with Gasteiger partial charge in [-0.15, -0.1) is 0 Å². The molecular weight excluding hydrogens is 336 g/mol. The molecule has 0 saturated carbocycles. The van der Waals surface area contributed by atoms with Crippen LogP contribution in [0.4, 0.5) is 5.69 Å². The van der Waals surface area contributed by atoms with E-state index in [2.05, 4.69) is 5.32 Å². The zero-order valence-corrected chi connectivity index (χ0v) is 14.0. The van der Waals surface area contributed by atoms with Crippen LogP contribution in [0.25, 0.3) is 0 Å². The number of carbonyl (C=O) groups is 2. The second kappa shape index (κ2) is 7.57. The van der Waals surface area contributed by atoms with E-state index in [1.807, 2.05) is 6.07 Å². The zero-order valence-electron chi connectivity index (χ0n) is 14.0. The third-order valence-electron chi connectivity index (χ3n) is 3.74. The van der Waals surface area contributed by atoms with E-state index in [0.717, 1.165) is 0 Å². The molecule has 0 aromatic heterocycles. The van der Waals surface area contributed by atoms with Gasteiger partial charge >= 0.3 is 5.97 Å². The molecule has 1 heterocycles. The summed E-state index contributed by atoms with van der Waals surface area (Å²) >= 11 is 0. The third kappa shape index (κ3) is 3.75. The molecule has 1 aliphatic rings. The number of amides is 1. The molecule has 26 heavy (non-hydrogen) atoms. The SMILES string of the molecule is C[C@@H](OC(=O)[C@@H]1COc2ccccc2O1)C(=O)Nc1ccccc1C#N. The lowest BCUT2D eigenvalue weighted by molar-refractivity contribution is -0.162. The summed E-state index contributed by atoms with van der Waals surface area (Å²) in [4.78, 5) is 24.5. The fourth-order valence-electron chi connectivity index (χ4n) is 2.36. The highest BCUT2D eigenvalue weighted by Gasteiger charge is 2.31. The minimum Gasteiger partial charge on any atom is -0.485 e. The number of hydrogen-bond donors (Lipinski definition) is 1. The fourth-order valence-corrected chi connectivity index (χ4v) is 2.36. The number of nitriles is 1. The third-order valence-corrected chi connectivity index (χ3v) is 3.74. The lowest BCUT2D eigenvalue weighted by atomic mass is 10.2. The maximum absolute atomic E-state index is 12.2. The molecule has 3 rings (SSSR count). The quantitative estimate of drug-likeness (QED) is 0.848. The Morgan fingerprint density at radius 2 is 1.88 bits per heavy atom. The van der Waals surface area contributed by atoms with Crippen LogP contribution in [0.2, 0.25) is 0 Å². The van der Waals surface area contributed by atoms with Gasteiger partial charge in [-0.25, -0.2) is 4.79 Å². The molecule has 0 fully saturated rings. The number of nitrogens with zero attached hydrogens (tertiary/aromatic N) is 1. The molecule has 2 aromatic rings. The first kappa shape index (κ1) is 17.3. The van der Waals surface area contributed by atoms with Crippen LogP contribution in [0.5, 0.6) is 11.5 Å². The van der Waals surface area contributed by atoms with Crippen molar-refractivity contribution >= 4 is 17.6 Å². The van der Waals surface area contributed by atoms with Gasteiger partial charge in [0.1, 0.15) is 12.7 Å². The van der Waals surface area contributed by atoms with Crippen molar-refractivity contribution in [1.29, 1.82) is 5.26 Å². The minimum atomic E-state index is -1.06. The lowest BCUT2D eigenvalue weighted by Gasteiger charge is -2.25. The number of nitrogens with one attached hydrogen (secondary N) is 1. The highest BCUT2D eigenvalue weighted by Crippen LogP contribution is 2.31. The Hall–Kier alpha value is -3.53. The summed E-state index contributed by atoms with van der Waals surface area (Å²) in [6.45, 7) is 1.45. The molecule has 132 valence electrons. The van der Waals surface area contributed by atoms with Gasteiger partial charge in [-0.3, -0.25) is 4.79 Å². The van der Waals surface area contributed by atoms with E-state index >= 15 is 0 Å². The second-order valence-corrected chi connectivity index (χ2v) is 5.59. The Morgan fingerprint density at radius 1 is 1.19 bits per heavy atom. The van der Waals surface area contributed by atoms with Gasteiger partial charge in [-0.1, -0.05) is 24.3 Å². The maximum Gasteiger partial charge on any atom is 0.351 e. The molecule has 0 radical (unpaired) electrons. The predicted molar refractivity (Wildman–Crippen MR) is 91.7 cm³/mol. The predicted octanol–water partition coefficient (Wildman–Crippen LogP) is 2.27. The van der Waals surface area contributed by atoms with Crippen molar-refractivity contribution in [2.24, 2.45) is 0 Å². The molecule has 0 aliphatic carbocycles. The largest absolute Gasteiger partial charge is 0.485 e. The molecule has 0 spiro atoms. The zero-order chi connectivity index (χ0) is 18.5. The topological polar surface area (TPSA) is 97.7 Å². The summed E-state index contributed by atoms with van der Waals surface area (Å²) < 4.78 is 16.2. The number of esters is 1. The summed E-state index contributed by atoms with van der Waals surface area (Å²) in [6, 6.07) is 15.5. The number of carbonyl (C=O) groups excluding carboxylic acids is 2. The molecule has 7 heteroatoms. The highest BCUT2D eigenvalue weighted by molar-refractivity contribution is 5.96. The normalized spacial score (nSPS) is 16.1. The number of rotatable bonds is 4. The summed E-state index contributed by atoms with van der Waals surface area (Å²) in [6.07, 6.45) is -2.01. The second-order valence-electron chi connectivity index (χ2n) is 5.59. The van der Waals surface area contributed by atoms with Crippen molar-refractivity contribution in [3.05, 3.63) is 54.1 Å². The molecular formula is C19H16N2O5. The minimum absolute atomic E-state index is 0.00144. The first-order valence-corrected chi connectivity index (χ1v) is 7.97. The van der Waals surface area contributed by atoms with Crippen LogP contribution >= 0.6 is 0 Å². The van der Waals surface area contributed by atoms with Gasteiger partial charge in [0.05, 0.1) is 11.3 Å². The highest BCUT2D eigenvalue weighted by atomic mass is 16.6. The van der Waals surface area contributed by atoms with Gasteiger partial charge < -0.3 is 19.5 Å². The van der Waals surface area contributed by atoms with E-state index in [1.54, 1.807) is 48.5 Å². The molecule has 0 unspecified atom stereocenters. The summed E-state index contributed by atoms with van der Waals surface area (Å²) in [5.74, 6) is -0.245. The number of fused-ring (bicyclic) bond motifs is 1. The Labute approximate surface area is 150 Å². The number of para-hydroxylation sites is 3. The number of ether oxygens (including phenoxy) is 3. The van der Waals surface area contributed by atoms with Crippen LogP contribution in [0.1, 0.15) is 12.5 Å². The average Bonchev–Trinajstić information content (AvgIpc) is 2.67. The Morgan fingerprint density at radius 3 is 2.65 bits per heavy atom. The molecule has 1 aliphatic heterocycles. The maximum atomic E-state index is 12.2. The van der Waals surface area contributed by atoms with Crippen LogP contribution in [-0.4, -0.2) is 30.7 Å². The smallest absolute Gasteiger partial charge is 0.351 e. The van der Waals surface area contributed by atoms with E-state index < -0.39 is 24.1 Å². The van der Waals surface area contributed by atoms with Crippen molar-refractivity contribution in [3.8, 4) is 17.6 Å². The molecule has 2 aromatic carbocycles. The molecule has 2 atom stereocenters. The number of anilines is 1.